The van der Waals surface area contributed by atoms with E-state index in [4.69, 9.17) is 0 Å². The molecule has 0 aliphatic heterocycles. The molecule has 0 saturated heterocycles. The maximum atomic E-state index is 12.8. The van der Waals surface area contributed by atoms with Gasteiger partial charge in [0.2, 0.25) is 0 Å². The van der Waals surface area contributed by atoms with Gasteiger partial charge in [-0.1, -0.05) is 50.2 Å². The molecule has 2 aliphatic carbocycles. The van der Waals surface area contributed by atoms with E-state index in [2.05, 4.69) is 49.5 Å². The van der Waals surface area contributed by atoms with Crippen LogP contribution in [0.5, 0.6) is 0 Å². The highest BCUT2D eigenvalue weighted by molar-refractivity contribution is 5.96. The third kappa shape index (κ3) is 2.46. The quantitative estimate of drug-likeness (QED) is 0.898. The summed E-state index contributed by atoms with van der Waals surface area (Å²) >= 11 is 0. The molecule has 0 aromatic heterocycles. The van der Waals surface area contributed by atoms with Crippen LogP contribution in [0.4, 0.5) is 0 Å². The molecule has 1 amide bonds. The molecule has 2 heteroatoms. The molecule has 1 N–H and O–H groups in total. The van der Waals surface area contributed by atoms with E-state index in [0.717, 1.165) is 31.2 Å². The lowest BCUT2D eigenvalue weighted by atomic mass is 9.86. The van der Waals surface area contributed by atoms with Crippen molar-refractivity contribution in [3.05, 3.63) is 70.3 Å². The summed E-state index contributed by atoms with van der Waals surface area (Å²) in [6, 6.07) is 14.9. The lowest BCUT2D eigenvalue weighted by Gasteiger charge is -2.19. The van der Waals surface area contributed by atoms with Gasteiger partial charge in [-0.05, 0) is 59.4 Å². The molecule has 23 heavy (non-hydrogen) atoms. The molecule has 2 aromatic rings. The highest BCUT2D eigenvalue weighted by Gasteiger charge is 2.33. The highest BCUT2D eigenvalue weighted by Crippen LogP contribution is 2.39. The fourth-order valence-electron chi connectivity index (χ4n) is 4.20. The lowest BCUT2D eigenvalue weighted by molar-refractivity contribution is 0.0937. The smallest absolute Gasteiger partial charge is 0.251 e. The number of carbonyl (C=O) groups excluding carboxylic acids is 1. The number of rotatable bonds is 2. The van der Waals surface area contributed by atoms with Crippen molar-refractivity contribution in [3.63, 3.8) is 0 Å². The van der Waals surface area contributed by atoms with Crippen molar-refractivity contribution in [2.45, 2.75) is 51.0 Å². The van der Waals surface area contributed by atoms with Gasteiger partial charge in [-0.3, -0.25) is 4.79 Å². The van der Waals surface area contributed by atoms with Crippen molar-refractivity contribution < 1.29 is 4.79 Å². The zero-order valence-corrected chi connectivity index (χ0v) is 13.9. The van der Waals surface area contributed by atoms with Gasteiger partial charge in [-0.2, -0.15) is 0 Å². The number of carbonyl (C=O) groups is 1. The number of hydrogen-bond acceptors (Lipinski definition) is 1. The van der Waals surface area contributed by atoms with Crippen molar-refractivity contribution in [2.75, 3.05) is 0 Å². The van der Waals surface area contributed by atoms with Crippen LogP contribution in [0.25, 0.3) is 0 Å². The minimum absolute atomic E-state index is 0.0948. The van der Waals surface area contributed by atoms with Crippen molar-refractivity contribution >= 4 is 5.91 Å². The first-order valence-corrected chi connectivity index (χ1v) is 8.54. The van der Waals surface area contributed by atoms with Gasteiger partial charge in [0, 0.05) is 11.6 Å². The standard InChI is InChI=1S/C21H23NO/c1-21(2)11-10-17-18(8-5-9-19(17)21)20(23)22-16-12-14-6-3-4-7-15(14)13-16/h3-9,16H,10-13H2,1-2H3,(H,22,23). The van der Waals surface area contributed by atoms with Crippen LogP contribution in [-0.4, -0.2) is 11.9 Å². The summed E-state index contributed by atoms with van der Waals surface area (Å²) in [6.45, 7) is 4.54. The van der Waals surface area contributed by atoms with Gasteiger partial charge in [0.15, 0.2) is 0 Å². The Kier molecular flexibility index (Phi) is 3.29. The second-order valence-corrected chi connectivity index (χ2v) is 7.56. The molecule has 118 valence electrons. The SMILES string of the molecule is CC1(C)CCc2c(C(=O)NC3Cc4ccccc4C3)cccc21. The molecule has 0 saturated carbocycles. The predicted octanol–water partition coefficient (Wildman–Crippen LogP) is 3.81. The minimum Gasteiger partial charge on any atom is -0.349 e. The molecular formula is C21H23NO. The van der Waals surface area contributed by atoms with E-state index in [1.807, 2.05) is 12.1 Å². The summed E-state index contributed by atoms with van der Waals surface area (Å²) in [7, 11) is 0. The summed E-state index contributed by atoms with van der Waals surface area (Å²) in [6.07, 6.45) is 4.03. The molecule has 2 nitrogen and oxygen atoms in total. The minimum atomic E-state index is 0.0948. The first-order chi connectivity index (χ1) is 11.0. The molecule has 0 fully saturated rings. The first kappa shape index (κ1) is 14.5. The maximum Gasteiger partial charge on any atom is 0.251 e. The topological polar surface area (TPSA) is 29.1 Å². The van der Waals surface area contributed by atoms with E-state index in [1.54, 1.807) is 0 Å². The molecule has 0 radical (unpaired) electrons. The summed E-state index contributed by atoms with van der Waals surface area (Å²) in [5.74, 6) is 0.0948. The Hall–Kier alpha value is -2.09. The van der Waals surface area contributed by atoms with E-state index in [1.165, 1.54) is 22.3 Å². The van der Waals surface area contributed by atoms with Gasteiger partial charge in [0.05, 0.1) is 0 Å². The van der Waals surface area contributed by atoms with Gasteiger partial charge in [-0.25, -0.2) is 0 Å². The second-order valence-electron chi connectivity index (χ2n) is 7.56. The summed E-state index contributed by atoms with van der Waals surface area (Å²) in [5.41, 5.74) is 6.42. The molecule has 0 bridgehead atoms. The first-order valence-electron chi connectivity index (χ1n) is 8.54. The van der Waals surface area contributed by atoms with Gasteiger partial charge >= 0.3 is 0 Å². The zero-order chi connectivity index (χ0) is 16.0. The summed E-state index contributed by atoms with van der Waals surface area (Å²) < 4.78 is 0. The van der Waals surface area contributed by atoms with Crippen LogP contribution in [-0.2, 0) is 24.7 Å². The van der Waals surface area contributed by atoms with Crippen LogP contribution in [0.15, 0.2) is 42.5 Å². The third-order valence-corrected chi connectivity index (χ3v) is 5.54. The van der Waals surface area contributed by atoms with Crippen molar-refractivity contribution in [1.82, 2.24) is 5.32 Å². The Morgan fingerprint density at radius 2 is 1.74 bits per heavy atom. The highest BCUT2D eigenvalue weighted by atomic mass is 16.1. The summed E-state index contributed by atoms with van der Waals surface area (Å²) in [5, 5.41) is 3.26. The largest absolute Gasteiger partial charge is 0.349 e. The Morgan fingerprint density at radius 3 is 2.43 bits per heavy atom. The molecule has 2 aliphatic rings. The fraction of sp³-hybridized carbons (Fsp3) is 0.381. The Labute approximate surface area is 137 Å². The average Bonchev–Trinajstić information content (AvgIpc) is 3.07. The Bertz CT molecular complexity index is 750. The molecule has 0 atom stereocenters. The summed E-state index contributed by atoms with van der Waals surface area (Å²) in [4.78, 5) is 12.8. The van der Waals surface area contributed by atoms with Crippen LogP contribution in [0, 0.1) is 0 Å². The number of nitrogens with one attached hydrogen (secondary N) is 1. The molecule has 0 spiro atoms. The average molecular weight is 305 g/mol. The maximum absolute atomic E-state index is 12.8. The van der Waals surface area contributed by atoms with E-state index >= 15 is 0 Å². The van der Waals surface area contributed by atoms with Crippen LogP contribution >= 0.6 is 0 Å². The van der Waals surface area contributed by atoms with Crippen molar-refractivity contribution in [1.29, 1.82) is 0 Å². The van der Waals surface area contributed by atoms with Crippen LogP contribution in [0.3, 0.4) is 0 Å². The molecule has 4 rings (SSSR count). The molecular weight excluding hydrogens is 282 g/mol. The van der Waals surface area contributed by atoms with Gasteiger partial charge in [0.1, 0.15) is 0 Å². The number of fused-ring (bicyclic) bond motifs is 2. The van der Waals surface area contributed by atoms with E-state index in [-0.39, 0.29) is 17.4 Å². The van der Waals surface area contributed by atoms with E-state index in [9.17, 15) is 4.79 Å². The number of benzene rings is 2. The molecule has 0 unspecified atom stereocenters. The van der Waals surface area contributed by atoms with Gasteiger partial charge in [0.25, 0.3) is 5.91 Å². The fourth-order valence-corrected chi connectivity index (χ4v) is 4.20. The Morgan fingerprint density at radius 1 is 1.04 bits per heavy atom. The predicted molar refractivity (Wildman–Crippen MR) is 92.9 cm³/mol. The monoisotopic (exact) mass is 305 g/mol. The van der Waals surface area contributed by atoms with Gasteiger partial charge in [-0.15, -0.1) is 0 Å². The molecule has 2 aromatic carbocycles. The van der Waals surface area contributed by atoms with Crippen molar-refractivity contribution in [2.24, 2.45) is 0 Å². The normalized spacial score (nSPS) is 18.5. The number of amides is 1. The number of hydrogen-bond donors (Lipinski definition) is 1. The lowest BCUT2D eigenvalue weighted by Crippen LogP contribution is -2.35. The van der Waals surface area contributed by atoms with Crippen LogP contribution in [0.1, 0.15) is 52.9 Å². The Balaban J connectivity index is 1.55. The van der Waals surface area contributed by atoms with Crippen molar-refractivity contribution in [3.8, 4) is 0 Å². The second kappa shape index (κ2) is 5.23. The molecule has 0 heterocycles. The van der Waals surface area contributed by atoms with Gasteiger partial charge < -0.3 is 5.32 Å². The van der Waals surface area contributed by atoms with E-state index < -0.39 is 0 Å². The third-order valence-electron chi connectivity index (χ3n) is 5.54. The van der Waals surface area contributed by atoms with Crippen LogP contribution < -0.4 is 5.32 Å². The van der Waals surface area contributed by atoms with Crippen LogP contribution in [0.2, 0.25) is 0 Å². The zero-order valence-electron chi connectivity index (χ0n) is 13.9. The van der Waals surface area contributed by atoms with E-state index in [0.29, 0.717) is 0 Å².